The number of carboxylic acid groups (broad SMARTS) is 1. The smallest absolute Gasteiger partial charge is 0.309 e. The Bertz CT molecular complexity index is 1580. The molecule has 9 atom stereocenters. The minimum Gasteiger partial charge on any atom is -0.481 e. The topological polar surface area (TPSA) is 124 Å². The molecule has 0 aromatic heterocycles. The maximum atomic E-state index is 14.2. The zero-order valence-electron chi connectivity index (χ0n) is 36.2. The predicted molar refractivity (Wildman–Crippen MR) is 214 cm³/mol. The summed E-state index contributed by atoms with van der Waals surface area (Å²) in [5.74, 6) is 0.523. The van der Waals surface area contributed by atoms with Crippen LogP contribution in [0.25, 0.3) is 0 Å². The number of nitrogens with zero attached hydrogens (tertiary/aromatic N) is 2. The second kappa shape index (κ2) is 14.5. The van der Waals surface area contributed by atoms with Crippen LogP contribution in [0.3, 0.4) is 0 Å². The molecule has 0 saturated heterocycles. The van der Waals surface area contributed by atoms with Crippen LogP contribution in [0.5, 0.6) is 0 Å². The molecular weight excluding hydrogens is 693 g/mol. The van der Waals surface area contributed by atoms with Crippen LogP contribution in [-0.4, -0.2) is 89.6 Å². The lowest BCUT2D eigenvalue weighted by Crippen LogP contribution is -2.66. The van der Waals surface area contributed by atoms with E-state index in [1.165, 1.54) is 24.8 Å². The van der Waals surface area contributed by atoms with Crippen molar-refractivity contribution in [3.05, 3.63) is 11.1 Å². The van der Waals surface area contributed by atoms with Gasteiger partial charge in [0, 0.05) is 44.4 Å². The van der Waals surface area contributed by atoms with E-state index in [0.717, 1.165) is 63.5 Å². The third-order valence-corrected chi connectivity index (χ3v) is 17.5. The van der Waals surface area contributed by atoms with Crippen LogP contribution in [0, 0.1) is 62.1 Å². The Balaban J connectivity index is 1.28. The van der Waals surface area contributed by atoms with Gasteiger partial charge in [-0.1, -0.05) is 60.5 Å². The maximum absolute atomic E-state index is 14.2. The summed E-state index contributed by atoms with van der Waals surface area (Å²) in [7, 11) is 3.59. The van der Waals surface area contributed by atoms with Gasteiger partial charge in [-0.3, -0.25) is 24.1 Å². The molecule has 0 spiro atoms. The summed E-state index contributed by atoms with van der Waals surface area (Å²) in [6.45, 7) is 21.1. The summed E-state index contributed by atoms with van der Waals surface area (Å²) in [6.07, 6.45) is 10.5. The van der Waals surface area contributed by atoms with Crippen molar-refractivity contribution < 1.29 is 34.1 Å². The SMILES string of the molecule is CC(C)C1=C2[C@H]3CC[C@@H]4[C@@]5(C)CC[C@H](OC(=O)CC(C)(C)C(=O)O)C(C)(C)[C@@H]5CC[C@@]4(C)[C@]3(C)CCC2(C(O)CN(CC(=O)N(C)C)CC2CCC2)CC1=O. The summed E-state index contributed by atoms with van der Waals surface area (Å²) in [4.78, 5) is 56.0. The number of aliphatic hydroxyl groups excluding tert-OH is 1. The normalized spacial score (nSPS) is 37.7. The lowest BCUT2D eigenvalue weighted by atomic mass is 9.33. The number of ketones is 1. The first-order valence-corrected chi connectivity index (χ1v) is 21.8. The highest BCUT2D eigenvalue weighted by Gasteiger charge is 2.71. The minimum absolute atomic E-state index is 0.0263. The molecule has 2 unspecified atom stereocenters. The van der Waals surface area contributed by atoms with Gasteiger partial charge in [0.25, 0.3) is 0 Å². The average molecular weight is 767 g/mol. The molecule has 6 rings (SSSR count). The number of esters is 1. The number of fused-ring (bicyclic) bond motifs is 7. The van der Waals surface area contributed by atoms with Crippen LogP contribution in [0.15, 0.2) is 11.1 Å². The molecule has 2 N–H and O–H groups in total. The number of hydrogen-bond acceptors (Lipinski definition) is 7. The quantitative estimate of drug-likeness (QED) is 0.192. The van der Waals surface area contributed by atoms with E-state index in [1.54, 1.807) is 32.8 Å². The lowest BCUT2D eigenvalue weighted by Gasteiger charge is -2.72. The number of carboxylic acids is 1. The van der Waals surface area contributed by atoms with Crippen molar-refractivity contribution in [3.63, 3.8) is 0 Å². The van der Waals surface area contributed by atoms with E-state index in [0.29, 0.717) is 30.7 Å². The number of Topliss-reactive ketones (excluding diaryl/α,β-unsaturated/α-hetero) is 1. The number of hydrogen-bond donors (Lipinski definition) is 2. The fourth-order valence-electron chi connectivity index (χ4n) is 13.9. The molecule has 0 aromatic carbocycles. The van der Waals surface area contributed by atoms with Crippen LogP contribution in [0.2, 0.25) is 0 Å². The molecule has 6 aliphatic carbocycles. The number of amides is 1. The molecule has 6 aliphatic rings. The second-order valence-corrected chi connectivity index (χ2v) is 21.9. The van der Waals surface area contributed by atoms with Gasteiger partial charge in [0.15, 0.2) is 5.78 Å². The van der Waals surface area contributed by atoms with Crippen LogP contribution < -0.4 is 0 Å². The van der Waals surface area contributed by atoms with Gasteiger partial charge in [-0.15, -0.1) is 0 Å². The Hall–Kier alpha value is -2.26. The number of carbonyl (C=O) groups excluding carboxylic acids is 3. The average Bonchev–Trinajstić information content (AvgIpc) is 3.37. The third-order valence-electron chi connectivity index (χ3n) is 17.5. The fraction of sp³-hybridized carbons (Fsp3) is 0.870. The first-order valence-electron chi connectivity index (χ1n) is 21.8. The molecular formula is C46H74N2O7. The van der Waals surface area contributed by atoms with Crippen LogP contribution in [0.4, 0.5) is 0 Å². The molecule has 9 heteroatoms. The predicted octanol–water partition coefficient (Wildman–Crippen LogP) is 7.93. The first kappa shape index (κ1) is 42.3. The molecule has 0 heterocycles. The van der Waals surface area contributed by atoms with E-state index in [2.05, 4.69) is 53.4 Å². The van der Waals surface area contributed by atoms with Crippen molar-refractivity contribution in [1.82, 2.24) is 9.80 Å². The summed E-state index contributed by atoms with van der Waals surface area (Å²) in [6, 6.07) is 0. The third kappa shape index (κ3) is 6.85. The number of allylic oxidation sites excluding steroid dienone is 1. The highest BCUT2D eigenvalue weighted by Crippen LogP contribution is 2.77. The highest BCUT2D eigenvalue weighted by atomic mass is 16.5. The molecule has 9 nitrogen and oxygen atoms in total. The number of carbonyl (C=O) groups is 4. The maximum Gasteiger partial charge on any atom is 0.309 e. The van der Waals surface area contributed by atoms with Gasteiger partial charge in [-0.2, -0.15) is 0 Å². The van der Waals surface area contributed by atoms with E-state index < -0.39 is 28.9 Å². The van der Waals surface area contributed by atoms with Gasteiger partial charge in [0.2, 0.25) is 5.91 Å². The van der Waals surface area contributed by atoms with Crippen molar-refractivity contribution in [2.45, 2.75) is 158 Å². The van der Waals surface area contributed by atoms with Crippen LogP contribution >= 0.6 is 0 Å². The molecule has 1 amide bonds. The number of aliphatic carboxylic acids is 1. The van der Waals surface area contributed by atoms with Crippen molar-refractivity contribution in [2.24, 2.45) is 62.1 Å². The largest absolute Gasteiger partial charge is 0.481 e. The van der Waals surface area contributed by atoms with Crippen molar-refractivity contribution >= 4 is 23.6 Å². The van der Waals surface area contributed by atoms with Gasteiger partial charge >= 0.3 is 11.9 Å². The Morgan fingerprint density at radius 3 is 2.15 bits per heavy atom. The van der Waals surface area contributed by atoms with E-state index >= 15 is 0 Å². The van der Waals surface area contributed by atoms with E-state index in [9.17, 15) is 29.4 Å². The summed E-state index contributed by atoms with van der Waals surface area (Å²) < 4.78 is 6.18. The molecule has 5 saturated carbocycles. The summed E-state index contributed by atoms with van der Waals surface area (Å²) in [5.41, 5.74) is 0.241. The summed E-state index contributed by atoms with van der Waals surface area (Å²) in [5, 5.41) is 22.2. The molecule has 5 fully saturated rings. The zero-order valence-corrected chi connectivity index (χ0v) is 36.2. The van der Waals surface area contributed by atoms with Gasteiger partial charge in [-0.05, 0) is 129 Å². The molecule has 310 valence electrons. The van der Waals surface area contributed by atoms with Crippen molar-refractivity contribution in [1.29, 1.82) is 0 Å². The van der Waals surface area contributed by atoms with E-state index in [4.69, 9.17) is 4.74 Å². The number of likely N-dealkylation sites (N-methyl/N-ethyl adjacent to an activating group) is 1. The Labute approximate surface area is 331 Å². The van der Waals surface area contributed by atoms with E-state index in [1.807, 2.05) is 0 Å². The zero-order chi connectivity index (χ0) is 40.7. The fourth-order valence-corrected chi connectivity index (χ4v) is 13.9. The highest BCUT2D eigenvalue weighted by molar-refractivity contribution is 6.00. The van der Waals surface area contributed by atoms with Crippen LogP contribution in [-0.2, 0) is 23.9 Å². The molecule has 55 heavy (non-hydrogen) atoms. The molecule has 0 bridgehead atoms. The monoisotopic (exact) mass is 767 g/mol. The Morgan fingerprint density at radius 1 is 0.891 bits per heavy atom. The lowest BCUT2D eigenvalue weighted by molar-refractivity contribution is -0.235. The van der Waals surface area contributed by atoms with Gasteiger partial charge < -0.3 is 19.8 Å². The standard InChI is InChI=1S/C46H74N2O7/c1-28(2)38-31(49)23-46(34(50)26-48(25-29-13-12-14-29)27-36(51)47(10)11)22-21-44(8)30(39(38)46)15-16-33-43(7)19-18-35(55-37(52)24-41(3,4)40(53)54)42(5,6)32(43)17-20-45(33,44)9/h28-30,32-35,50H,12-27H2,1-11H3,(H,53,54)/t30-,32+,33-,34?,35+,43+,44-,45-,46?/m1/s1. The van der Waals surface area contributed by atoms with Gasteiger partial charge in [0.1, 0.15) is 6.10 Å². The Morgan fingerprint density at radius 2 is 1.56 bits per heavy atom. The van der Waals surface area contributed by atoms with Gasteiger partial charge in [0.05, 0.1) is 24.5 Å². The van der Waals surface area contributed by atoms with Crippen molar-refractivity contribution in [2.75, 3.05) is 33.7 Å². The molecule has 0 aliphatic heterocycles. The number of ether oxygens (including phenoxy) is 1. The molecule has 0 radical (unpaired) electrons. The number of rotatable bonds is 12. The number of aliphatic hydroxyl groups is 1. The summed E-state index contributed by atoms with van der Waals surface area (Å²) >= 11 is 0. The van der Waals surface area contributed by atoms with Crippen LogP contribution in [0.1, 0.15) is 146 Å². The first-order chi connectivity index (χ1) is 25.4. The Kier molecular flexibility index (Phi) is 11.2. The van der Waals surface area contributed by atoms with Gasteiger partial charge in [-0.25, -0.2) is 0 Å². The van der Waals surface area contributed by atoms with E-state index in [-0.39, 0.29) is 64.3 Å². The second-order valence-electron chi connectivity index (χ2n) is 21.9. The van der Waals surface area contributed by atoms with Crippen molar-refractivity contribution in [3.8, 4) is 0 Å². The minimum atomic E-state index is -1.17. The molecule has 0 aromatic rings.